The van der Waals surface area contributed by atoms with Gasteiger partial charge in [-0.15, -0.1) is 0 Å². The monoisotopic (exact) mass is 906 g/mol. The highest BCUT2D eigenvalue weighted by Gasteiger charge is 2.41. The van der Waals surface area contributed by atoms with E-state index in [0.717, 1.165) is 96.5 Å². The smallest absolute Gasteiger partial charge is 0.315 e. The molecule has 0 bridgehead atoms. The van der Waals surface area contributed by atoms with Gasteiger partial charge in [-0.3, -0.25) is 39.4 Å². The van der Waals surface area contributed by atoms with Crippen molar-refractivity contribution in [3.05, 3.63) is 118 Å². The van der Waals surface area contributed by atoms with E-state index in [-0.39, 0.29) is 48.3 Å². The molecule has 346 valence electrons. The quantitative estimate of drug-likeness (QED) is 0.128. The van der Waals surface area contributed by atoms with Gasteiger partial charge in [-0.2, -0.15) is 10.1 Å². The van der Waals surface area contributed by atoms with E-state index in [1.54, 1.807) is 12.1 Å². The molecule has 15 nitrogen and oxygen atoms in total. The van der Waals surface area contributed by atoms with Crippen LogP contribution in [0.25, 0.3) is 33.3 Å². The number of piperazine rings is 1. The van der Waals surface area contributed by atoms with Crippen molar-refractivity contribution in [2.24, 2.45) is 0 Å². The third kappa shape index (κ3) is 8.83. The average molecular weight is 907 g/mol. The molecule has 4 aliphatic rings. The van der Waals surface area contributed by atoms with Crippen molar-refractivity contribution < 1.29 is 28.1 Å². The van der Waals surface area contributed by atoms with Gasteiger partial charge in [0.2, 0.25) is 11.8 Å². The molecule has 67 heavy (non-hydrogen) atoms. The highest BCUT2D eigenvalue weighted by Crippen LogP contribution is 2.34. The van der Waals surface area contributed by atoms with E-state index in [1.165, 1.54) is 10.6 Å². The minimum atomic E-state index is -0.764. The zero-order valence-electron chi connectivity index (χ0n) is 38.3. The summed E-state index contributed by atoms with van der Waals surface area (Å²) in [4.78, 5) is 63.0. The number of likely N-dealkylation sites (tertiary alicyclic amines) is 1. The number of fused-ring (bicyclic) bond motifs is 2. The van der Waals surface area contributed by atoms with Crippen molar-refractivity contribution in [1.82, 2.24) is 45.7 Å². The van der Waals surface area contributed by atoms with Gasteiger partial charge in [0, 0.05) is 90.5 Å². The lowest BCUT2D eigenvalue weighted by atomic mass is 9.96. The Hall–Kier alpha value is -6.78. The first-order chi connectivity index (χ1) is 32.3. The Morgan fingerprint density at radius 1 is 0.866 bits per heavy atom. The molecule has 1 unspecified atom stereocenters. The molecule has 6 heterocycles. The Morgan fingerprint density at radius 3 is 2.31 bits per heavy atom. The number of aromatic amines is 1. The highest BCUT2D eigenvalue weighted by molar-refractivity contribution is 6.05. The van der Waals surface area contributed by atoms with Crippen LogP contribution in [0.3, 0.4) is 0 Å². The predicted octanol–water partition coefficient (Wildman–Crippen LogP) is 6.50. The number of benzene rings is 4. The molecule has 3 saturated heterocycles. The number of nitrogens with zero attached hydrogens (tertiary/aromatic N) is 7. The van der Waals surface area contributed by atoms with Gasteiger partial charge >= 0.3 is 11.8 Å². The normalized spacial score (nSPS) is 18.8. The minimum Gasteiger partial charge on any atom is -0.369 e. The second-order valence-electron chi connectivity index (χ2n) is 19.4. The molecule has 2 aromatic heterocycles. The van der Waals surface area contributed by atoms with E-state index in [2.05, 4.69) is 89.1 Å². The molecule has 4 aliphatic heterocycles. The number of amides is 4. The Kier molecular flexibility index (Phi) is 11.7. The Bertz CT molecular complexity index is 2890. The lowest BCUT2D eigenvalue weighted by Crippen LogP contribution is -2.53. The Labute approximate surface area is 388 Å². The second-order valence-corrected chi connectivity index (χ2v) is 19.4. The van der Waals surface area contributed by atoms with Gasteiger partial charge in [0.15, 0.2) is 5.82 Å². The number of piperidine rings is 2. The van der Waals surface area contributed by atoms with Gasteiger partial charge < -0.3 is 19.6 Å². The molecule has 6 aromatic rings. The number of carbonyl (C=O) groups excluding carboxylic acids is 4. The van der Waals surface area contributed by atoms with Crippen molar-refractivity contribution in [1.29, 1.82) is 0 Å². The van der Waals surface area contributed by atoms with Crippen molar-refractivity contribution in [2.75, 3.05) is 44.2 Å². The first-order valence-corrected chi connectivity index (χ1v) is 23.2. The second kappa shape index (κ2) is 17.8. The predicted molar refractivity (Wildman–Crippen MR) is 250 cm³/mol. The van der Waals surface area contributed by atoms with E-state index in [0.29, 0.717) is 41.6 Å². The summed E-state index contributed by atoms with van der Waals surface area (Å²) in [7, 11) is 0. The summed E-state index contributed by atoms with van der Waals surface area (Å²) in [6.07, 6.45) is 2.44. The first-order valence-electron chi connectivity index (χ1n) is 23.2. The molecule has 4 aromatic carbocycles. The van der Waals surface area contributed by atoms with Crippen LogP contribution in [0.15, 0.2) is 77.3 Å². The van der Waals surface area contributed by atoms with Crippen LogP contribution in [0.5, 0.6) is 0 Å². The van der Waals surface area contributed by atoms with Gasteiger partial charge in [-0.25, -0.2) is 4.39 Å². The fourth-order valence-electron chi connectivity index (χ4n) is 9.99. The van der Waals surface area contributed by atoms with E-state index < -0.39 is 17.9 Å². The summed E-state index contributed by atoms with van der Waals surface area (Å²) in [5.74, 6) is -1.54. The molecule has 0 saturated carbocycles. The van der Waals surface area contributed by atoms with Gasteiger partial charge in [0.25, 0.3) is 5.91 Å². The number of rotatable bonds is 10. The molecule has 4 amide bonds. The van der Waals surface area contributed by atoms with Gasteiger partial charge in [0.1, 0.15) is 11.9 Å². The van der Waals surface area contributed by atoms with E-state index in [9.17, 15) is 19.2 Å². The standard InChI is InChI=1S/C51H55FN10O5/c1-30-25-33(5-6-34(30)27-53-47(65)48-55-50(58-67-48)51(2,3)4)45-39-26-32(10-14-41(39)56-57-45)31-7-11-36(12-8-31)60-21-23-61(24-22-60)37-17-19-59(20-18-37)28-35-9-13-38-40(44(35)52)29-62(49(38)66)42-15-16-43(63)54-46(42)64/h5-14,25-26,37,42H,15-24,27-29H2,1-4H3,(H,53,65)(H,56,57)(H,54,63,64). The van der Waals surface area contributed by atoms with Crippen molar-refractivity contribution in [3.8, 4) is 22.4 Å². The molecular weight excluding hydrogens is 852 g/mol. The number of anilines is 1. The zero-order valence-corrected chi connectivity index (χ0v) is 38.3. The minimum absolute atomic E-state index is 0.0374. The van der Waals surface area contributed by atoms with Crippen LogP contribution in [0.4, 0.5) is 10.1 Å². The van der Waals surface area contributed by atoms with Crippen LogP contribution < -0.4 is 15.5 Å². The van der Waals surface area contributed by atoms with Crippen LogP contribution in [0, 0.1) is 12.7 Å². The third-order valence-corrected chi connectivity index (χ3v) is 14.0. The SMILES string of the molecule is Cc1cc(-c2n[nH]c3ccc(-c4ccc(N5CCN(C6CCN(Cc7ccc8c(c7F)CN(C7CCC(=O)NC7=O)C8=O)CC6)CC5)cc4)cc23)ccc1CNC(=O)c1nc(C(C)(C)C)no1. The first kappa shape index (κ1) is 44.1. The number of H-pyrrole nitrogens is 1. The van der Waals surface area contributed by atoms with Crippen molar-refractivity contribution in [2.45, 2.75) is 90.5 Å². The topological polar surface area (TPSA) is 173 Å². The van der Waals surface area contributed by atoms with E-state index >= 15 is 4.39 Å². The van der Waals surface area contributed by atoms with Gasteiger partial charge in [0.05, 0.1) is 17.8 Å². The number of carbonyl (C=O) groups is 4. The molecule has 0 aliphatic carbocycles. The molecule has 10 rings (SSSR count). The lowest BCUT2D eigenvalue weighted by molar-refractivity contribution is -0.136. The van der Waals surface area contributed by atoms with Crippen LogP contribution in [0.1, 0.15) is 95.6 Å². The lowest BCUT2D eigenvalue weighted by Gasteiger charge is -2.43. The summed E-state index contributed by atoms with van der Waals surface area (Å²) in [5.41, 5.74) is 9.14. The third-order valence-electron chi connectivity index (χ3n) is 14.0. The highest BCUT2D eigenvalue weighted by atomic mass is 19.1. The maximum absolute atomic E-state index is 15.9. The van der Waals surface area contributed by atoms with Crippen LogP contribution >= 0.6 is 0 Å². The summed E-state index contributed by atoms with van der Waals surface area (Å²) < 4.78 is 21.1. The van der Waals surface area contributed by atoms with Crippen molar-refractivity contribution in [3.63, 3.8) is 0 Å². The molecule has 3 N–H and O–H groups in total. The molecule has 16 heteroatoms. The number of aryl methyl sites for hydroxylation is 1. The fraction of sp³-hybridized carbons (Fsp3) is 0.392. The molecule has 1 atom stereocenters. The summed E-state index contributed by atoms with van der Waals surface area (Å²) in [6, 6.07) is 24.5. The molecule has 0 spiro atoms. The Morgan fingerprint density at radius 2 is 1.60 bits per heavy atom. The van der Waals surface area contributed by atoms with Crippen LogP contribution in [0.2, 0.25) is 0 Å². The number of halogens is 1. The Balaban J connectivity index is 0.711. The number of imide groups is 1. The maximum atomic E-state index is 15.9. The fourth-order valence-corrected chi connectivity index (χ4v) is 9.99. The maximum Gasteiger partial charge on any atom is 0.315 e. The van der Waals surface area contributed by atoms with Crippen molar-refractivity contribution >= 4 is 40.2 Å². The number of hydrogen-bond donors (Lipinski definition) is 3. The van der Waals surface area contributed by atoms with E-state index in [4.69, 9.17) is 9.62 Å². The summed E-state index contributed by atoms with van der Waals surface area (Å²) >= 11 is 0. The average Bonchev–Trinajstić information content (AvgIpc) is 4.08. The van der Waals surface area contributed by atoms with Crippen LogP contribution in [-0.4, -0.2) is 110 Å². The summed E-state index contributed by atoms with van der Waals surface area (Å²) in [5, 5.41) is 18.1. The van der Waals surface area contributed by atoms with Gasteiger partial charge in [-0.05, 0) is 97.9 Å². The van der Waals surface area contributed by atoms with Crippen LogP contribution in [-0.2, 0) is 34.6 Å². The largest absolute Gasteiger partial charge is 0.369 e. The molecule has 0 radical (unpaired) electrons. The number of hydrogen-bond acceptors (Lipinski definition) is 11. The zero-order chi connectivity index (χ0) is 46.6. The molecule has 3 fully saturated rings. The molecular formula is C51H55FN10O5. The number of nitrogens with one attached hydrogen (secondary N) is 3. The van der Waals surface area contributed by atoms with Gasteiger partial charge in [-0.1, -0.05) is 62.3 Å². The van der Waals surface area contributed by atoms with E-state index in [1.807, 2.05) is 39.8 Å². The summed E-state index contributed by atoms with van der Waals surface area (Å²) in [6.45, 7) is 14.3. The number of aromatic nitrogens is 4.